The summed E-state index contributed by atoms with van der Waals surface area (Å²) in [6, 6.07) is 9.93. The number of non-ortho nitro benzene ring substituents is 1. The maximum Gasteiger partial charge on any atom is 0.271 e. The highest BCUT2D eigenvalue weighted by atomic mass is 35.5. The van der Waals surface area contributed by atoms with Crippen molar-refractivity contribution in [2.45, 2.75) is 5.16 Å². The topological polar surface area (TPSA) is 103 Å². The third-order valence-corrected chi connectivity index (χ3v) is 4.55. The Morgan fingerprint density at radius 2 is 2.15 bits per heavy atom. The summed E-state index contributed by atoms with van der Waals surface area (Å²) in [5, 5.41) is 21.8. The molecule has 1 aromatic heterocycles. The maximum absolute atomic E-state index is 13.7. The van der Waals surface area contributed by atoms with Gasteiger partial charge >= 0.3 is 0 Å². The number of nitrogens with zero attached hydrogens (tertiary/aromatic N) is 4. The minimum absolute atomic E-state index is 0.0958. The highest BCUT2D eigenvalue weighted by Gasteiger charge is 2.15. The molecule has 138 valence electrons. The Kier molecular flexibility index (Phi) is 5.67. The lowest BCUT2D eigenvalue weighted by Gasteiger charge is -2.08. The van der Waals surface area contributed by atoms with E-state index < -0.39 is 16.6 Å². The van der Waals surface area contributed by atoms with Crippen LogP contribution in [0.5, 0.6) is 0 Å². The molecule has 27 heavy (non-hydrogen) atoms. The average molecular weight is 408 g/mol. The van der Waals surface area contributed by atoms with Crippen LogP contribution in [-0.2, 0) is 4.79 Å². The van der Waals surface area contributed by atoms with Crippen molar-refractivity contribution in [1.82, 2.24) is 14.8 Å². The van der Waals surface area contributed by atoms with E-state index in [1.807, 2.05) is 0 Å². The molecule has 0 saturated heterocycles. The number of carbonyl (C=O) groups is 1. The predicted molar refractivity (Wildman–Crippen MR) is 98.8 cm³/mol. The fraction of sp³-hybridized carbons (Fsp3) is 0.0625. The Hall–Kier alpha value is -2.98. The van der Waals surface area contributed by atoms with Gasteiger partial charge in [0.15, 0.2) is 5.16 Å². The molecule has 2 aromatic carbocycles. The van der Waals surface area contributed by atoms with E-state index in [0.29, 0.717) is 10.2 Å². The summed E-state index contributed by atoms with van der Waals surface area (Å²) in [5.41, 5.74) is 0.145. The van der Waals surface area contributed by atoms with Crippen LogP contribution in [-0.4, -0.2) is 31.3 Å². The Balaban J connectivity index is 1.68. The monoisotopic (exact) mass is 407 g/mol. The number of hydrogen-bond donors (Lipinski definition) is 1. The molecule has 3 rings (SSSR count). The van der Waals surface area contributed by atoms with Gasteiger partial charge in [-0.25, -0.2) is 4.39 Å². The van der Waals surface area contributed by atoms with E-state index >= 15 is 0 Å². The van der Waals surface area contributed by atoms with Gasteiger partial charge in [-0.3, -0.25) is 19.5 Å². The molecule has 0 saturated carbocycles. The van der Waals surface area contributed by atoms with Crippen molar-refractivity contribution in [3.05, 3.63) is 69.7 Å². The van der Waals surface area contributed by atoms with Gasteiger partial charge in [-0.15, -0.1) is 10.2 Å². The van der Waals surface area contributed by atoms with Gasteiger partial charge in [0.25, 0.3) is 5.69 Å². The van der Waals surface area contributed by atoms with Crippen molar-refractivity contribution in [2.75, 3.05) is 11.1 Å². The van der Waals surface area contributed by atoms with Crippen molar-refractivity contribution in [2.24, 2.45) is 0 Å². The van der Waals surface area contributed by atoms with Crippen molar-refractivity contribution >= 4 is 40.6 Å². The van der Waals surface area contributed by atoms with E-state index in [-0.39, 0.29) is 17.1 Å². The largest absolute Gasteiger partial charge is 0.323 e. The predicted octanol–water partition coefficient (Wildman–Crippen LogP) is 3.70. The number of benzene rings is 2. The van der Waals surface area contributed by atoms with E-state index in [1.165, 1.54) is 6.33 Å². The number of halogens is 2. The lowest BCUT2D eigenvalue weighted by Crippen LogP contribution is -2.15. The molecule has 0 unspecified atom stereocenters. The van der Waals surface area contributed by atoms with Gasteiger partial charge in [0.1, 0.15) is 12.1 Å². The first kappa shape index (κ1) is 18.8. The van der Waals surface area contributed by atoms with E-state index in [0.717, 1.165) is 35.6 Å². The third kappa shape index (κ3) is 4.60. The van der Waals surface area contributed by atoms with Crippen molar-refractivity contribution in [3.8, 4) is 5.69 Å². The van der Waals surface area contributed by atoms with Crippen LogP contribution in [0.4, 0.5) is 15.8 Å². The van der Waals surface area contributed by atoms with Crippen LogP contribution >= 0.6 is 23.4 Å². The molecular formula is C16H11ClFN5O3S. The lowest BCUT2D eigenvalue weighted by molar-refractivity contribution is -0.384. The number of rotatable bonds is 6. The van der Waals surface area contributed by atoms with Crippen LogP contribution in [0, 0.1) is 15.9 Å². The second kappa shape index (κ2) is 8.14. The fourth-order valence-electron chi connectivity index (χ4n) is 2.16. The minimum atomic E-state index is -0.763. The molecular weight excluding hydrogens is 397 g/mol. The second-order valence-electron chi connectivity index (χ2n) is 5.22. The van der Waals surface area contributed by atoms with Crippen LogP contribution < -0.4 is 5.32 Å². The van der Waals surface area contributed by atoms with E-state index in [4.69, 9.17) is 11.6 Å². The zero-order valence-electron chi connectivity index (χ0n) is 13.5. The fourth-order valence-corrected chi connectivity index (χ4v) is 3.08. The van der Waals surface area contributed by atoms with E-state index in [2.05, 4.69) is 15.5 Å². The highest BCUT2D eigenvalue weighted by Crippen LogP contribution is 2.24. The molecule has 8 nitrogen and oxygen atoms in total. The first-order valence-corrected chi connectivity index (χ1v) is 8.83. The number of aromatic nitrogens is 3. The molecule has 0 bridgehead atoms. The number of anilines is 1. The van der Waals surface area contributed by atoms with Gasteiger partial charge in [-0.05, 0) is 24.3 Å². The Morgan fingerprint density at radius 1 is 1.33 bits per heavy atom. The Bertz CT molecular complexity index is 1010. The summed E-state index contributed by atoms with van der Waals surface area (Å²) < 4.78 is 15.4. The van der Waals surface area contributed by atoms with Gasteiger partial charge in [-0.2, -0.15) is 0 Å². The van der Waals surface area contributed by atoms with Gasteiger partial charge in [0.05, 0.1) is 22.1 Å². The van der Waals surface area contributed by atoms with E-state index in [1.54, 1.807) is 28.8 Å². The Morgan fingerprint density at radius 3 is 2.89 bits per heavy atom. The van der Waals surface area contributed by atoms with Gasteiger partial charge in [0, 0.05) is 17.2 Å². The van der Waals surface area contributed by atoms with Gasteiger partial charge in [0.2, 0.25) is 5.91 Å². The van der Waals surface area contributed by atoms with Crippen molar-refractivity contribution < 1.29 is 14.1 Å². The van der Waals surface area contributed by atoms with Gasteiger partial charge < -0.3 is 5.32 Å². The molecule has 11 heteroatoms. The third-order valence-electron chi connectivity index (χ3n) is 3.37. The van der Waals surface area contributed by atoms with Gasteiger partial charge in [-0.1, -0.05) is 29.4 Å². The molecule has 3 aromatic rings. The maximum atomic E-state index is 13.7. The molecule has 0 aliphatic heterocycles. The molecule has 0 aliphatic carbocycles. The molecule has 0 radical (unpaired) electrons. The SMILES string of the molecule is O=C(CSc1nncn1-c1cccc(Cl)c1)Nc1cc([N+](=O)[O-])ccc1F. The standard InChI is InChI=1S/C16H11ClFN5O3S/c17-10-2-1-3-11(6-10)22-9-19-21-16(22)27-8-15(24)20-14-7-12(23(25)26)4-5-13(14)18/h1-7,9H,8H2,(H,20,24). The molecule has 0 aliphatic rings. The zero-order valence-corrected chi connectivity index (χ0v) is 15.1. The first-order chi connectivity index (χ1) is 12.9. The zero-order chi connectivity index (χ0) is 19.4. The van der Waals surface area contributed by atoms with Crippen LogP contribution in [0.1, 0.15) is 0 Å². The molecule has 1 amide bonds. The Labute approximate surface area is 161 Å². The number of nitro benzene ring substituents is 1. The summed E-state index contributed by atoms with van der Waals surface area (Å²) in [4.78, 5) is 22.2. The quantitative estimate of drug-likeness (QED) is 0.379. The molecule has 1 heterocycles. The number of nitrogens with one attached hydrogen (secondary N) is 1. The number of amides is 1. The summed E-state index contributed by atoms with van der Waals surface area (Å²) in [5.74, 6) is -1.40. The number of nitro groups is 1. The summed E-state index contributed by atoms with van der Waals surface area (Å²) >= 11 is 7.05. The van der Waals surface area contributed by atoms with Crippen molar-refractivity contribution in [3.63, 3.8) is 0 Å². The first-order valence-electron chi connectivity index (χ1n) is 7.46. The average Bonchev–Trinajstić information content (AvgIpc) is 3.10. The van der Waals surface area contributed by atoms with Crippen LogP contribution in [0.3, 0.4) is 0 Å². The minimum Gasteiger partial charge on any atom is -0.323 e. The number of hydrogen-bond acceptors (Lipinski definition) is 6. The van der Waals surface area contributed by atoms with Crippen LogP contribution in [0.2, 0.25) is 5.02 Å². The lowest BCUT2D eigenvalue weighted by atomic mass is 10.2. The second-order valence-corrected chi connectivity index (χ2v) is 6.60. The molecule has 1 N–H and O–H groups in total. The number of thioether (sulfide) groups is 1. The number of carbonyl (C=O) groups excluding carboxylic acids is 1. The molecule has 0 atom stereocenters. The van der Waals surface area contributed by atoms with Crippen LogP contribution in [0.15, 0.2) is 53.9 Å². The molecule has 0 spiro atoms. The smallest absolute Gasteiger partial charge is 0.271 e. The highest BCUT2D eigenvalue weighted by molar-refractivity contribution is 7.99. The summed E-state index contributed by atoms with van der Waals surface area (Å²) in [7, 11) is 0. The van der Waals surface area contributed by atoms with Crippen LogP contribution in [0.25, 0.3) is 5.69 Å². The van der Waals surface area contributed by atoms with Crippen molar-refractivity contribution in [1.29, 1.82) is 0 Å². The normalized spacial score (nSPS) is 10.6. The molecule has 0 fully saturated rings. The summed E-state index contributed by atoms with van der Waals surface area (Å²) in [6.45, 7) is 0. The summed E-state index contributed by atoms with van der Waals surface area (Å²) in [6.07, 6.45) is 1.48. The van der Waals surface area contributed by atoms with E-state index in [9.17, 15) is 19.3 Å².